The summed E-state index contributed by atoms with van der Waals surface area (Å²) in [5, 5.41) is 0. The molecule has 0 unspecified atom stereocenters. The number of hydrogen-bond donors (Lipinski definition) is 0. The molecule has 0 aliphatic heterocycles. The van der Waals surface area contributed by atoms with Crippen molar-refractivity contribution in [2.45, 2.75) is 45.4 Å². The van der Waals surface area contributed by atoms with Crippen molar-refractivity contribution in [3.63, 3.8) is 0 Å². The van der Waals surface area contributed by atoms with Gasteiger partial charge in [0.15, 0.2) is 0 Å². The lowest BCUT2D eigenvalue weighted by Gasteiger charge is -2.19. The maximum atomic E-state index is 15.0. The second-order valence-corrected chi connectivity index (χ2v) is 6.59. The van der Waals surface area contributed by atoms with Crippen molar-refractivity contribution < 1.29 is 26.7 Å². The second kappa shape index (κ2) is 7.71. The van der Waals surface area contributed by atoms with Crippen molar-refractivity contribution in [1.82, 2.24) is 0 Å². The molecule has 0 bridgehead atoms. The Balaban J connectivity index is 1.93. The van der Waals surface area contributed by atoms with Crippen molar-refractivity contribution in [1.29, 1.82) is 0 Å². The smallest absolute Gasteiger partial charge is 0.406 e. The molecular weight excluding hydrogens is 363 g/mol. The molecule has 0 saturated heterocycles. The van der Waals surface area contributed by atoms with E-state index in [1.54, 1.807) is 0 Å². The van der Waals surface area contributed by atoms with Gasteiger partial charge < -0.3 is 4.74 Å². The SMILES string of the molecule is CCCCC1=Cc2cc(F)c(-c3ccc(OC(F)(F)F)cc3)c(F)c2CC1. The number of benzene rings is 2. The van der Waals surface area contributed by atoms with Gasteiger partial charge in [-0.05, 0) is 60.6 Å². The molecule has 1 nitrogen and oxygen atoms in total. The predicted molar refractivity (Wildman–Crippen MR) is 94.3 cm³/mol. The van der Waals surface area contributed by atoms with Gasteiger partial charge in [-0.25, -0.2) is 8.78 Å². The molecule has 0 amide bonds. The summed E-state index contributed by atoms with van der Waals surface area (Å²) in [6.07, 6.45) is 1.26. The molecule has 2 aromatic carbocycles. The molecule has 0 spiro atoms. The number of unbranched alkanes of at least 4 members (excludes halogenated alkanes) is 1. The average Bonchev–Trinajstić information content (AvgIpc) is 2.60. The van der Waals surface area contributed by atoms with Gasteiger partial charge in [-0.15, -0.1) is 13.2 Å². The number of ether oxygens (including phenoxy) is 1. The summed E-state index contributed by atoms with van der Waals surface area (Å²) in [7, 11) is 0. The largest absolute Gasteiger partial charge is 0.573 e. The fraction of sp³-hybridized carbons (Fsp3) is 0.333. The molecule has 1 aliphatic rings. The number of allylic oxidation sites excluding steroid dienone is 1. The lowest BCUT2D eigenvalue weighted by atomic mass is 9.87. The maximum Gasteiger partial charge on any atom is 0.573 e. The first kappa shape index (κ1) is 19.4. The summed E-state index contributed by atoms with van der Waals surface area (Å²) in [5.74, 6) is -1.82. The molecule has 0 saturated carbocycles. The third-order valence-electron chi connectivity index (χ3n) is 4.64. The molecule has 0 radical (unpaired) electrons. The summed E-state index contributed by atoms with van der Waals surface area (Å²) < 4.78 is 70.1. The topological polar surface area (TPSA) is 9.23 Å². The van der Waals surface area contributed by atoms with Gasteiger partial charge in [0.1, 0.15) is 17.4 Å². The molecule has 0 N–H and O–H groups in total. The summed E-state index contributed by atoms with van der Waals surface area (Å²) in [6.45, 7) is 2.09. The first-order valence-electron chi connectivity index (χ1n) is 8.85. The van der Waals surface area contributed by atoms with Crippen molar-refractivity contribution in [3.05, 3.63) is 58.7 Å². The lowest BCUT2D eigenvalue weighted by Crippen LogP contribution is -2.17. The highest BCUT2D eigenvalue weighted by atomic mass is 19.4. The van der Waals surface area contributed by atoms with Crippen LogP contribution in [0.15, 0.2) is 35.9 Å². The molecule has 0 atom stereocenters. The minimum Gasteiger partial charge on any atom is -0.406 e. The van der Waals surface area contributed by atoms with E-state index in [2.05, 4.69) is 11.7 Å². The number of alkyl halides is 3. The number of fused-ring (bicyclic) bond motifs is 1. The van der Waals surface area contributed by atoms with E-state index in [1.165, 1.54) is 23.8 Å². The number of halogens is 5. The van der Waals surface area contributed by atoms with Crippen LogP contribution in [0.5, 0.6) is 5.75 Å². The van der Waals surface area contributed by atoms with Crippen LogP contribution in [0.2, 0.25) is 0 Å². The van der Waals surface area contributed by atoms with E-state index in [9.17, 15) is 22.0 Å². The normalized spacial score (nSPS) is 13.9. The lowest BCUT2D eigenvalue weighted by molar-refractivity contribution is -0.274. The van der Waals surface area contributed by atoms with Crippen molar-refractivity contribution in [3.8, 4) is 16.9 Å². The van der Waals surface area contributed by atoms with Crippen LogP contribution in [-0.4, -0.2) is 6.36 Å². The van der Waals surface area contributed by atoms with E-state index >= 15 is 0 Å². The van der Waals surface area contributed by atoms with E-state index in [-0.39, 0.29) is 11.1 Å². The van der Waals surface area contributed by atoms with Gasteiger partial charge in [0.2, 0.25) is 0 Å². The van der Waals surface area contributed by atoms with Crippen molar-refractivity contribution in [2.24, 2.45) is 0 Å². The fourth-order valence-electron chi connectivity index (χ4n) is 3.33. The highest BCUT2D eigenvalue weighted by Crippen LogP contribution is 2.36. The van der Waals surface area contributed by atoms with Crippen LogP contribution in [0.3, 0.4) is 0 Å². The highest BCUT2D eigenvalue weighted by Gasteiger charge is 2.31. The molecular formula is C21H19F5O. The zero-order valence-corrected chi connectivity index (χ0v) is 14.8. The van der Waals surface area contributed by atoms with Crippen LogP contribution in [0.25, 0.3) is 17.2 Å². The standard InChI is InChI=1S/C21H19F5O/c1-2-3-4-13-5-10-17-15(11-13)12-18(22)19(20(17)23)14-6-8-16(9-7-14)27-21(24,25)26/h6-9,11-12H,2-5,10H2,1H3. The number of hydrogen-bond acceptors (Lipinski definition) is 1. The Hall–Kier alpha value is -2.37. The third kappa shape index (κ3) is 4.49. The zero-order chi connectivity index (χ0) is 19.6. The third-order valence-corrected chi connectivity index (χ3v) is 4.64. The summed E-state index contributed by atoms with van der Waals surface area (Å²) in [4.78, 5) is 0. The van der Waals surface area contributed by atoms with E-state index < -0.39 is 23.7 Å². The van der Waals surface area contributed by atoms with Gasteiger partial charge in [0.25, 0.3) is 0 Å². The van der Waals surface area contributed by atoms with Gasteiger partial charge in [-0.2, -0.15) is 0 Å². The molecule has 3 rings (SSSR count). The van der Waals surface area contributed by atoms with Crippen molar-refractivity contribution >= 4 is 6.08 Å². The number of rotatable bonds is 5. The van der Waals surface area contributed by atoms with Crippen molar-refractivity contribution in [2.75, 3.05) is 0 Å². The Morgan fingerprint density at radius 2 is 1.74 bits per heavy atom. The van der Waals surface area contributed by atoms with Gasteiger partial charge >= 0.3 is 6.36 Å². The highest BCUT2D eigenvalue weighted by molar-refractivity contribution is 5.71. The molecule has 1 aliphatic carbocycles. The Bertz CT molecular complexity index is 850. The first-order valence-corrected chi connectivity index (χ1v) is 8.85. The van der Waals surface area contributed by atoms with Crippen LogP contribution < -0.4 is 4.74 Å². The minimum atomic E-state index is -4.81. The molecule has 27 heavy (non-hydrogen) atoms. The molecule has 0 heterocycles. The first-order chi connectivity index (χ1) is 12.8. The van der Waals surface area contributed by atoms with Gasteiger partial charge in [0, 0.05) is 0 Å². The molecule has 0 aromatic heterocycles. The molecule has 0 fully saturated rings. The zero-order valence-electron chi connectivity index (χ0n) is 14.8. The van der Waals surface area contributed by atoms with E-state index in [0.29, 0.717) is 17.5 Å². The Kier molecular flexibility index (Phi) is 5.53. The Morgan fingerprint density at radius 3 is 2.37 bits per heavy atom. The van der Waals surface area contributed by atoms with Crippen LogP contribution in [0, 0.1) is 11.6 Å². The van der Waals surface area contributed by atoms with Gasteiger partial charge in [0.05, 0.1) is 5.56 Å². The average molecular weight is 382 g/mol. The summed E-state index contributed by atoms with van der Waals surface area (Å²) >= 11 is 0. The molecule has 2 aromatic rings. The van der Waals surface area contributed by atoms with Crippen LogP contribution in [-0.2, 0) is 6.42 Å². The molecule has 144 valence electrons. The van der Waals surface area contributed by atoms with Crippen LogP contribution in [0.1, 0.15) is 43.7 Å². The summed E-state index contributed by atoms with van der Waals surface area (Å²) in [5.41, 5.74) is 2.12. The predicted octanol–water partition coefficient (Wildman–Crippen LogP) is 7.05. The van der Waals surface area contributed by atoms with E-state index in [4.69, 9.17) is 0 Å². The maximum absolute atomic E-state index is 15.0. The Morgan fingerprint density at radius 1 is 1.04 bits per heavy atom. The van der Waals surface area contributed by atoms with Crippen LogP contribution in [0.4, 0.5) is 22.0 Å². The monoisotopic (exact) mass is 382 g/mol. The van der Waals surface area contributed by atoms with Gasteiger partial charge in [-0.3, -0.25) is 0 Å². The van der Waals surface area contributed by atoms with Crippen LogP contribution >= 0.6 is 0 Å². The quantitative estimate of drug-likeness (QED) is 0.504. The van der Waals surface area contributed by atoms with Gasteiger partial charge in [-0.1, -0.05) is 37.1 Å². The summed E-state index contributed by atoms with van der Waals surface area (Å²) in [6, 6.07) is 5.84. The van der Waals surface area contributed by atoms with E-state index in [1.807, 2.05) is 6.08 Å². The Labute approximate surface area is 154 Å². The minimum absolute atomic E-state index is 0.170. The van der Waals surface area contributed by atoms with E-state index in [0.717, 1.165) is 37.8 Å². The fourth-order valence-corrected chi connectivity index (χ4v) is 3.33. The second-order valence-electron chi connectivity index (χ2n) is 6.59. The molecule has 6 heteroatoms.